The molecule has 4 nitrogen and oxygen atoms in total. The maximum atomic E-state index is 10.7. The largest absolute Gasteiger partial charge is 0.741 e. The van der Waals surface area contributed by atoms with Gasteiger partial charge < -0.3 is 9.66 Å². The van der Waals surface area contributed by atoms with Crippen LogP contribution in [0.25, 0.3) is 0 Å². The Kier molecular flexibility index (Phi) is 6.48. The van der Waals surface area contributed by atoms with Crippen molar-refractivity contribution in [2.24, 2.45) is 0 Å². The quantitative estimate of drug-likeness (QED) is 0.503. The zero-order valence-corrected chi connectivity index (χ0v) is 13.5. The van der Waals surface area contributed by atoms with Crippen LogP contribution in [0.2, 0.25) is 0 Å². The molecule has 1 atom stereocenters. The van der Waals surface area contributed by atoms with Gasteiger partial charge in [-0.1, -0.05) is 18.2 Å². The van der Waals surface area contributed by atoms with E-state index in [1.807, 2.05) is 18.2 Å². The van der Waals surface area contributed by atoms with Crippen LogP contribution >= 0.6 is 0 Å². The Labute approximate surface area is 134 Å². The lowest BCUT2D eigenvalue weighted by Gasteiger charge is -2.08. The number of rotatable bonds is 2. The van der Waals surface area contributed by atoms with E-state index < -0.39 is 15.6 Å². The van der Waals surface area contributed by atoms with Crippen LogP contribution in [-0.4, -0.2) is 29.8 Å². The summed E-state index contributed by atoms with van der Waals surface area (Å²) < 4.78 is 58.9. The molecule has 1 unspecified atom stereocenters. The van der Waals surface area contributed by atoms with Gasteiger partial charge in [0, 0.05) is 0 Å². The molecular formula is C14H13F3O4S2. The van der Waals surface area contributed by atoms with E-state index in [4.69, 9.17) is 13.0 Å². The summed E-state index contributed by atoms with van der Waals surface area (Å²) in [6.45, 7) is 0. The van der Waals surface area contributed by atoms with E-state index in [1.54, 1.807) is 12.1 Å². The first-order valence-electron chi connectivity index (χ1n) is 6.04. The van der Waals surface area contributed by atoms with Crippen molar-refractivity contribution in [2.75, 3.05) is 6.26 Å². The minimum atomic E-state index is -6.09. The van der Waals surface area contributed by atoms with Crippen molar-refractivity contribution < 1.29 is 31.2 Å². The first kappa shape index (κ1) is 19.3. The van der Waals surface area contributed by atoms with E-state index >= 15 is 0 Å². The molecule has 0 aliphatic rings. The van der Waals surface area contributed by atoms with Crippen molar-refractivity contribution >= 4 is 21.0 Å². The van der Waals surface area contributed by atoms with Crippen LogP contribution in [0.1, 0.15) is 0 Å². The molecule has 126 valence electrons. The van der Waals surface area contributed by atoms with Crippen molar-refractivity contribution in [3.63, 3.8) is 0 Å². The standard InChI is InChI=1S/C13H12OS.CHF3O3S/c1-15(12-5-3-2-4-6-12)13-9-7-11(14)8-10-13;2-1(3,4)8(5,6)7/h2-10H,1H3;(H,5,6,7). The SMILES string of the molecule is C[S+](c1ccccc1)c1ccc(O)cc1.O=S(=O)([O-])C(F)(F)F. The molecule has 2 aromatic carbocycles. The molecule has 0 radical (unpaired) electrons. The molecule has 2 aromatic rings. The van der Waals surface area contributed by atoms with Crippen LogP contribution in [0.5, 0.6) is 5.75 Å². The van der Waals surface area contributed by atoms with Gasteiger partial charge in [0.2, 0.25) is 0 Å². The Balaban J connectivity index is 0.000000284. The molecule has 0 spiro atoms. The fourth-order valence-electron chi connectivity index (χ4n) is 1.41. The summed E-state index contributed by atoms with van der Waals surface area (Å²) in [5, 5.41) is 9.21. The lowest BCUT2D eigenvalue weighted by molar-refractivity contribution is -0.0517. The van der Waals surface area contributed by atoms with Gasteiger partial charge in [-0.2, -0.15) is 13.2 Å². The van der Waals surface area contributed by atoms with Gasteiger partial charge in [-0.25, -0.2) is 8.42 Å². The molecule has 0 saturated carbocycles. The minimum absolute atomic E-state index is 0.0838. The van der Waals surface area contributed by atoms with Crippen molar-refractivity contribution in [2.45, 2.75) is 15.3 Å². The zero-order valence-electron chi connectivity index (χ0n) is 11.8. The number of alkyl halides is 3. The maximum absolute atomic E-state index is 10.7. The molecular weight excluding hydrogens is 353 g/mol. The highest BCUT2D eigenvalue weighted by Gasteiger charge is 2.36. The van der Waals surface area contributed by atoms with Gasteiger partial charge in [0.25, 0.3) is 0 Å². The highest BCUT2D eigenvalue weighted by molar-refractivity contribution is 7.96. The molecule has 0 amide bonds. The molecule has 0 aromatic heterocycles. The van der Waals surface area contributed by atoms with Crippen LogP contribution in [0.3, 0.4) is 0 Å². The Morgan fingerprint density at radius 3 is 1.74 bits per heavy atom. The van der Waals surface area contributed by atoms with Gasteiger partial charge in [-0.05, 0) is 36.4 Å². The molecule has 1 N–H and O–H groups in total. The van der Waals surface area contributed by atoms with Crippen LogP contribution in [0.4, 0.5) is 13.2 Å². The lowest BCUT2D eigenvalue weighted by atomic mass is 10.3. The molecule has 0 aliphatic heterocycles. The summed E-state index contributed by atoms with van der Waals surface area (Å²) >= 11 is 0. The molecule has 0 aliphatic carbocycles. The van der Waals surface area contributed by atoms with Crippen molar-refractivity contribution in [3.05, 3.63) is 54.6 Å². The predicted molar refractivity (Wildman–Crippen MR) is 80.1 cm³/mol. The first-order valence-corrected chi connectivity index (χ1v) is 9.08. The average Bonchev–Trinajstić information content (AvgIpc) is 2.47. The van der Waals surface area contributed by atoms with E-state index in [9.17, 15) is 18.3 Å². The molecule has 23 heavy (non-hydrogen) atoms. The van der Waals surface area contributed by atoms with Gasteiger partial charge in [0.15, 0.2) is 19.9 Å². The topological polar surface area (TPSA) is 77.4 Å². The molecule has 0 fully saturated rings. The normalized spacial score (nSPS) is 12.9. The minimum Gasteiger partial charge on any atom is -0.741 e. The average molecular weight is 366 g/mol. The summed E-state index contributed by atoms with van der Waals surface area (Å²) in [6.07, 6.45) is 2.20. The summed E-state index contributed by atoms with van der Waals surface area (Å²) in [4.78, 5) is 2.57. The third-order valence-electron chi connectivity index (χ3n) is 2.57. The number of phenols is 1. The molecule has 0 bridgehead atoms. The van der Waals surface area contributed by atoms with Gasteiger partial charge in [0.1, 0.15) is 12.0 Å². The van der Waals surface area contributed by atoms with Gasteiger partial charge in [0.05, 0.1) is 10.9 Å². The fourth-order valence-corrected chi connectivity index (χ4v) is 2.79. The Morgan fingerprint density at radius 2 is 1.35 bits per heavy atom. The Morgan fingerprint density at radius 1 is 0.957 bits per heavy atom. The number of aromatic hydroxyl groups is 1. The fraction of sp³-hybridized carbons (Fsp3) is 0.143. The second-order valence-corrected chi connectivity index (χ2v) is 7.55. The number of hydrogen-bond donors (Lipinski definition) is 1. The van der Waals surface area contributed by atoms with E-state index in [-0.39, 0.29) is 10.9 Å². The van der Waals surface area contributed by atoms with Gasteiger partial charge >= 0.3 is 5.51 Å². The summed E-state index contributed by atoms with van der Waals surface area (Å²) in [7, 11) is -6.01. The van der Waals surface area contributed by atoms with Gasteiger partial charge in [-0.3, -0.25) is 0 Å². The molecule has 9 heteroatoms. The number of phenolic OH excluding ortho intramolecular Hbond substituents is 1. The van der Waals surface area contributed by atoms with E-state index in [1.165, 1.54) is 9.79 Å². The van der Waals surface area contributed by atoms with Gasteiger partial charge in [-0.15, -0.1) is 0 Å². The Bertz CT molecular complexity index is 714. The highest BCUT2D eigenvalue weighted by atomic mass is 32.2. The second kappa shape index (κ2) is 7.71. The third-order valence-corrected chi connectivity index (χ3v) is 5.10. The summed E-state index contributed by atoms with van der Waals surface area (Å²) in [5.41, 5.74) is -5.65. The number of hydrogen-bond acceptors (Lipinski definition) is 4. The molecule has 0 saturated heterocycles. The lowest BCUT2D eigenvalue weighted by Crippen LogP contribution is -2.21. The molecule has 0 heterocycles. The monoisotopic (exact) mass is 366 g/mol. The highest BCUT2D eigenvalue weighted by Crippen LogP contribution is 2.22. The van der Waals surface area contributed by atoms with E-state index in [0.29, 0.717) is 5.75 Å². The van der Waals surface area contributed by atoms with Crippen LogP contribution in [0, 0.1) is 0 Å². The zero-order chi connectivity index (χ0) is 17.7. The van der Waals surface area contributed by atoms with Crippen molar-refractivity contribution in [1.82, 2.24) is 0 Å². The van der Waals surface area contributed by atoms with Crippen molar-refractivity contribution in [3.8, 4) is 5.75 Å². The second-order valence-electron chi connectivity index (χ2n) is 4.22. The number of halogens is 3. The summed E-state index contributed by atoms with van der Waals surface area (Å²) in [5.74, 6) is 0.323. The van der Waals surface area contributed by atoms with Crippen LogP contribution in [0.15, 0.2) is 64.4 Å². The summed E-state index contributed by atoms with van der Waals surface area (Å²) in [6, 6.07) is 17.8. The maximum Gasteiger partial charge on any atom is 0.485 e. The molecule has 2 rings (SSSR count). The van der Waals surface area contributed by atoms with Crippen molar-refractivity contribution in [1.29, 1.82) is 0 Å². The predicted octanol–water partition coefficient (Wildman–Crippen LogP) is 3.11. The van der Waals surface area contributed by atoms with E-state index in [2.05, 4.69) is 30.5 Å². The van der Waals surface area contributed by atoms with Crippen LogP contribution in [-0.2, 0) is 21.0 Å². The smallest absolute Gasteiger partial charge is 0.485 e. The first-order chi connectivity index (χ1) is 10.5. The Hall–Kier alpha value is -1.71. The van der Waals surface area contributed by atoms with E-state index in [0.717, 1.165) is 0 Å². The number of benzene rings is 2. The third kappa shape index (κ3) is 6.12. The van der Waals surface area contributed by atoms with Crippen LogP contribution < -0.4 is 0 Å².